The largest absolute Gasteiger partial charge is 0.457 e. The number of ether oxygens (including phenoxy) is 1. The highest BCUT2D eigenvalue weighted by atomic mass is 35.5. The highest BCUT2D eigenvalue weighted by Gasteiger charge is 2.37. The number of nitrogens with zero attached hydrogens (tertiary/aromatic N) is 2. The number of hydrogen-bond donors (Lipinski definition) is 0. The Morgan fingerprint density at radius 2 is 2.00 bits per heavy atom. The minimum atomic E-state index is -0.123. The Balaban J connectivity index is 1.55. The minimum Gasteiger partial charge on any atom is -0.457 e. The number of amides is 1. The van der Waals surface area contributed by atoms with Crippen LogP contribution in [0.5, 0.6) is 0 Å². The number of furan rings is 1. The van der Waals surface area contributed by atoms with E-state index in [4.69, 9.17) is 33.0 Å². The summed E-state index contributed by atoms with van der Waals surface area (Å²) in [7, 11) is 0. The molecule has 2 saturated heterocycles. The number of hydrazine groups is 1. The number of halogens is 1. The number of carbonyl (C=O) groups excluding carboxylic acids is 1. The van der Waals surface area contributed by atoms with Gasteiger partial charge in [0.05, 0.1) is 18.1 Å². The second-order valence-electron chi connectivity index (χ2n) is 5.77. The molecule has 4 rings (SSSR count). The lowest BCUT2D eigenvalue weighted by atomic mass is 10.2. The van der Waals surface area contributed by atoms with E-state index < -0.39 is 0 Å². The molecule has 5 nitrogen and oxygen atoms in total. The van der Waals surface area contributed by atoms with Gasteiger partial charge in [0.1, 0.15) is 11.5 Å². The molecule has 0 radical (unpaired) electrons. The van der Waals surface area contributed by atoms with Crippen molar-refractivity contribution in [1.29, 1.82) is 0 Å². The van der Waals surface area contributed by atoms with E-state index >= 15 is 0 Å². The number of rotatable bonds is 3. The zero-order valence-electron chi connectivity index (χ0n) is 13.7. The van der Waals surface area contributed by atoms with Crippen molar-refractivity contribution in [1.82, 2.24) is 10.0 Å². The van der Waals surface area contributed by atoms with E-state index in [0.717, 1.165) is 5.56 Å². The molecule has 26 heavy (non-hydrogen) atoms. The molecule has 134 valence electrons. The average molecular weight is 407 g/mol. The fourth-order valence-electron chi connectivity index (χ4n) is 2.81. The smallest absolute Gasteiger partial charge is 0.281 e. The molecule has 3 heterocycles. The Morgan fingerprint density at radius 3 is 2.77 bits per heavy atom. The number of thioether (sulfide) groups is 1. The summed E-state index contributed by atoms with van der Waals surface area (Å²) in [5.41, 5.74) is 0.887. The van der Waals surface area contributed by atoms with Crippen LogP contribution in [-0.4, -0.2) is 46.5 Å². The molecule has 1 aromatic carbocycles. The van der Waals surface area contributed by atoms with Gasteiger partial charge in [-0.1, -0.05) is 47.7 Å². The molecule has 8 heteroatoms. The summed E-state index contributed by atoms with van der Waals surface area (Å²) in [6.45, 7) is 2.49. The van der Waals surface area contributed by atoms with Crippen LogP contribution in [0, 0.1) is 0 Å². The van der Waals surface area contributed by atoms with Crippen molar-refractivity contribution in [3.05, 3.63) is 52.1 Å². The monoisotopic (exact) mass is 406 g/mol. The third-order valence-electron chi connectivity index (χ3n) is 4.05. The Morgan fingerprint density at radius 1 is 1.19 bits per heavy atom. The van der Waals surface area contributed by atoms with Crippen molar-refractivity contribution < 1.29 is 13.9 Å². The summed E-state index contributed by atoms with van der Waals surface area (Å²) >= 11 is 12.7. The number of morpholine rings is 1. The van der Waals surface area contributed by atoms with E-state index in [1.165, 1.54) is 11.8 Å². The van der Waals surface area contributed by atoms with Gasteiger partial charge in [-0.2, -0.15) is 0 Å². The van der Waals surface area contributed by atoms with Gasteiger partial charge in [-0.25, -0.2) is 10.0 Å². The predicted molar refractivity (Wildman–Crippen MR) is 107 cm³/mol. The maximum Gasteiger partial charge on any atom is 0.281 e. The van der Waals surface area contributed by atoms with Gasteiger partial charge in [-0.3, -0.25) is 4.79 Å². The number of benzene rings is 1. The third kappa shape index (κ3) is 3.58. The van der Waals surface area contributed by atoms with Crippen molar-refractivity contribution in [2.24, 2.45) is 0 Å². The van der Waals surface area contributed by atoms with Gasteiger partial charge in [0, 0.05) is 29.8 Å². The highest BCUT2D eigenvalue weighted by Crippen LogP contribution is 2.35. The first-order valence-corrected chi connectivity index (χ1v) is 9.68. The van der Waals surface area contributed by atoms with E-state index in [0.29, 0.717) is 52.1 Å². The molecule has 0 saturated carbocycles. The standard InChI is InChI=1S/C18H15ClN2O3S2/c19-13-3-1-2-12(10-13)15-5-4-14(24-15)11-16-17(22)21(18(25)26-16)20-6-8-23-9-7-20/h1-5,10-11H,6-9H2/b16-11-. The normalized spacial score (nSPS) is 20.3. The van der Waals surface area contributed by atoms with Crippen LogP contribution >= 0.6 is 35.6 Å². The topological polar surface area (TPSA) is 45.9 Å². The number of carbonyl (C=O) groups is 1. The predicted octanol–water partition coefficient (Wildman–Crippen LogP) is 4.05. The van der Waals surface area contributed by atoms with Gasteiger partial charge < -0.3 is 9.15 Å². The SMILES string of the molecule is O=C1/C(=C/c2ccc(-c3cccc(Cl)c3)o2)SC(=S)N1N1CCOCC1. The molecule has 1 amide bonds. The molecular formula is C18H15ClN2O3S2. The van der Waals surface area contributed by atoms with Gasteiger partial charge in [-0.05, 0) is 24.3 Å². The Labute approximate surface area is 165 Å². The first-order chi connectivity index (χ1) is 12.6. The molecule has 0 spiro atoms. The second-order valence-corrected chi connectivity index (χ2v) is 7.88. The zero-order valence-corrected chi connectivity index (χ0v) is 16.1. The molecule has 2 aromatic rings. The van der Waals surface area contributed by atoms with Crippen LogP contribution in [0.2, 0.25) is 5.02 Å². The Bertz CT molecular complexity index is 890. The van der Waals surface area contributed by atoms with Gasteiger partial charge in [0.2, 0.25) is 0 Å². The molecule has 1 aromatic heterocycles. The quantitative estimate of drug-likeness (QED) is 0.566. The fraction of sp³-hybridized carbons (Fsp3) is 0.222. The molecule has 0 atom stereocenters. The van der Waals surface area contributed by atoms with Crippen LogP contribution in [0.4, 0.5) is 0 Å². The lowest BCUT2D eigenvalue weighted by Crippen LogP contribution is -2.50. The summed E-state index contributed by atoms with van der Waals surface area (Å²) in [6.07, 6.45) is 1.73. The van der Waals surface area contributed by atoms with E-state index in [-0.39, 0.29) is 5.91 Å². The van der Waals surface area contributed by atoms with Crippen LogP contribution < -0.4 is 0 Å². The number of thiocarbonyl (C=S) groups is 1. The van der Waals surface area contributed by atoms with E-state index in [1.807, 2.05) is 41.4 Å². The molecule has 0 N–H and O–H groups in total. The zero-order chi connectivity index (χ0) is 18.1. The van der Waals surface area contributed by atoms with Crippen LogP contribution in [0.15, 0.2) is 45.7 Å². The molecular weight excluding hydrogens is 392 g/mol. The van der Waals surface area contributed by atoms with Gasteiger partial charge in [0.25, 0.3) is 5.91 Å². The summed E-state index contributed by atoms with van der Waals surface area (Å²) in [6, 6.07) is 11.1. The van der Waals surface area contributed by atoms with Crippen LogP contribution in [0.25, 0.3) is 17.4 Å². The molecule has 0 aliphatic carbocycles. The van der Waals surface area contributed by atoms with Crippen molar-refractivity contribution >= 4 is 51.9 Å². The first kappa shape index (κ1) is 17.8. The molecule has 2 fully saturated rings. The summed E-state index contributed by atoms with van der Waals surface area (Å²) in [4.78, 5) is 13.3. The summed E-state index contributed by atoms with van der Waals surface area (Å²) in [5, 5.41) is 4.14. The van der Waals surface area contributed by atoms with Crippen molar-refractivity contribution in [2.75, 3.05) is 26.3 Å². The van der Waals surface area contributed by atoms with Gasteiger partial charge in [0.15, 0.2) is 4.32 Å². The summed E-state index contributed by atoms with van der Waals surface area (Å²) < 4.78 is 11.7. The minimum absolute atomic E-state index is 0.123. The fourth-order valence-corrected chi connectivity index (χ4v) is 4.29. The van der Waals surface area contributed by atoms with Gasteiger partial charge >= 0.3 is 0 Å². The van der Waals surface area contributed by atoms with E-state index in [2.05, 4.69) is 0 Å². The summed E-state index contributed by atoms with van der Waals surface area (Å²) in [5.74, 6) is 1.17. The lowest BCUT2D eigenvalue weighted by molar-refractivity contribution is -0.138. The number of hydrogen-bond acceptors (Lipinski definition) is 6. The van der Waals surface area contributed by atoms with Crippen LogP contribution in [0.3, 0.4) is 0 Å². The lowest BCUT2D eigenvalue weighted by Gasteiger charge is -2.33. The van der Waals surface area contributed by atoms with E-state index in [1.54, 1.807) is 11.1 Å². The van der Waals surface area contributed by atoms with E-state index in [9.17, 15) is 4.79 Å². The van der Waals surface area contributed by atoms with Gasteiger partial charge in [-0.15, -0.1) is 0 Å². The molecule has 2 aliphatic rings. The van der Waals surface area contributed by atoms with Crippen molar-refractivity contribution in [3.63, 3.8) is 0 Å². The Hall–Kier alpha value is -1.64. The first-order valence-electron chi connectivity index (χ1n) is 8.08. The third-order valence-corrected chi connectivity index (χ3v) is 5.57. The highest BCUT2D eigenvalue weighted by molar-refractivity contribution is 8.26. The maximum atomic E-state index is 12.7. The van der Waals surface area contributed by atoms with Crippen LogP contribution in [-0.2, 0) is 9.53 Å². The molecule has 0 unspecified atom stereocenters. The molecule has 0 bridgehead atoms. The van der Waals surface area contributed by atoms with Crippen molar-refractivity contribution in [3.8, 4) is 11.3 Å². The Kier molecular flexibility index (Phi) is 5.15. The maximum absolute atomic E-state index is 12.7. The average Bonchev–Trinajstić information content (AvgIpc) is 3.21. The van der Waals surface area contributed by atoms with Crippen LogP contribution in [0.1, 0.15) is 5.76 Å². The second kappa shape index (κ2) is 7.54. The molecule has 2 aliphatic heterocycles. The van der Waals surface area contributed by atoms with Crippen molar-refractivity contribution in [2.45, 2.75) is 0 Å².